The number of hydrogen-bond donors (Lipinski definition) is 1. The van der Waals surface area contributed by atoms with Crippen LogP contribution >= 0.6 is 15.9 Å². The van der Waals surface area contributed by atoms with Gasteiger partial charge in [0.25, 0.3) is 0 Å². The third kappa shape index (κ3) is 5.04. The smallest absolute Gasteiger partial charge is 0.147 e. The molecule has 6 heteroatoms. The first-order valence-electron chi connectivity index (χ1n) is 5.17. The fourth-order valence-corrected chi connectivity index (χ4v) is 2.41. The van der Waals surface area contributed by atoms with Crippen molar-refractivity contribution in [1.29, 1.82) is 0 Å². The summed E-state index contributed by atoms with van der Waals surface area (Å²) in [7, 11) is -2.91. The van der Waals surface area contributed by atoms with Gasteiger partial charge in [0.2, 0.25) is 0 Å². The van der Waals surface area contributed by atoms with Gasteiger partial charge in [0, 0.05) is 18.5 Å². The molecular formula is C11H15BrFNO2S. The highest BCUT2D eigenvalue weighted by Gasteiger charge is 2.05. The van der Waals surface area contributed by atoms with E-state index in [2.05, 4.69) is 21.2 Å². The zero-order valence-corrected chi connectivity index (χ0v) is 12.2. The van der Waals surface area contributed by atoms with Crippen molar-refractivity contribution in [2.75, 3.05) is 23.9 Å². The van der Waals surface area contributed by atoms with Gasteiger partial charge in [-0.2, -0.15) is 0 Å². The number of aryl methyl sites for hydroxylation is 1. The van der Waals surface area contributed by atoms with E-state index in [1.165, 1.54) is 12.3 Å². The van der Waals surface area contributed by atoms with Crippen LogP contribution in [-0.2, 0) is 9.84 Å². The van der Waals surface area contributed by atoms with Crippen LogP contribution in [0.3, 0.4) is 0 Å². The quantitative estimate of drug-likeness (QED) is 0.847. The summed E-state index contributed by atoms with van der Waals surface area (Å²) in [6, 6.07) is 3.09. The summed E-state index contributed by atoms with van der Waals surface area (Å²) in [5.41, 5.74) is 1.61. The Balaban J connectivity index is 2.55. The molecule has 0 aliphatic rings. The first-order chi connectivity index (χ1) is 7.79. The first-order valence-corrected chi connectivity index (χ1v) is 8.02. The van der Waals surface area contributed by atoms with Crippen molar-refractivity contribution in [3.05, 3.63) is 28.0 Å². The zero-order chi connectivity index (χ0) is 13.1. The summed E-state index contributed by atoms with van der Waals surface area (Å²) in [5.74, 6) is -0.148. The Labute approximate surface area is 109 Å². The van der Waals surface area contributed by atoms with Crippen molar-refractivity contribution < 1.29 is 12.8 Å². The molecule has 0 atom stereocenters. The number of anilines is 1. The molecule has 0 saturated carbocycles. The molecule has 17 heavy (non-hydrogen) atoms. The average molecular weight is 324 g/mol. The lowest BCUT2D eigenvalue weighted by molar-refractivity contribution is 0.600. The fourth-order valence-electron chi connectivity index (χ4n) is 1.39. The number of rotatable bonds is 5. The van der Waals surface area contributed by atoms with Crippen molar-refractivity contribution in [3.8, 4) is 0 Å². The molecule has 0 aromatic heterocycles. The van der Waals surface area contributed by atoms with E-state index in [0.29, 0.717) is 17.4 Å². The maximum Gasteiger partial charge on any atom is 0.147 e. The van der Waals surface area contributed by atoms with E-state index < -0.39 is 9.84 Å². The predicted molar refractivity (Wildman–Crippen MR) is 71.7 cm³/mol. The van der Waals surface area contributed by atoms with Crippen LogP contribution in [0.2, 0.25) is 0 Å². The molecule has 0 aliphatic heterocycles. The molecule has 0 spiro atoms. The molecule has 1 N–H and O–H groups in total. The minimum Gasteiger partial charge on any atom is -0.385 e. The molecule has 0 saturated heterocycles. The van der Waals surface area contributed by atoms with E-state index in [9.17, 15) is 12.8 Å². The predicted octanol–water partition coefficient (Wildman–Crippen LogP) is 2.74. The van der Waals surface area contributed by atoms with Crippen molar-refractivity contribution in [3.63, 3.8) is 0 Å². The second kappa shape index (κ2) is 5.82. The third-order valence-electron chi connectivity index (χ3n) is 2.27. The van der Waals surface area contributed by atoms with Crippen LogP contribution in [0.15, 0.2) is 16.6 Å². The molecule has 0 aliphatic carbocycles. The Bertz CT molecular complexity index is 502. The molecule has 1 aromatic rings. The molecule has 0 radical (unpaired) electrons. The molecule has 0 bridgehead atoms. The van der Waals surface area contributed by atoms with Gasteiger partial charge in [0.15, 0.2) is 0 Å². The summed E-state index contributed by atoms with van der Waals surface area (Å²) >= 11 is 3.11. The highest BCUT2D eigenvalue weighted by atomic mass is 79.9. The van der Waals surface area contributed by atoms with Crippen molar-refractivity contribution in [2.45, 2.75) is 13.3 Å². The summed E-state index contributed by atoms with van der Waals surface area (Å²) in [6.07, 6.45) is 1.75. The second-order valence-electron chi connectivity index (χ2n) is 3.99. The van der Waals surface area contributed by atoms with Crippen LogP contribution < -0.4 is 5.32 Å². The van der Waals surface area contributed by atoms with Gasteiger partial charge in [-0.05, 0) is 47.0 Å². The van der Waals surface area contributed by atoms with E-state index in [1.807, 2.05) is 0 Å². The largest absolute Gasteiger partial charge is 0.385 e. The first kappa shape index (κ1) is 14.4. The highest BCUT2D eigenvalue weighted by molar-refractivity contribution is 9.10. The molecule has 96 valence electrons. The van der Waals surface area contributed by atoms with Crippen LogP contribution in [0.5, 0.6) is 0 Å². The van der Waals surface area contributed by atoms with Crippen LogP contribution in [0.25, 0.3) is 0 Å². The number of nitrogens with one attached hydrogen (secondary N) is 1. The number of sulfone groups is 1. The highest BCUT2D eigenvalue weighted by Crippen LogP contribution is 2.24. The summed E-state index contributed by atoms with van der Waals surface area (Å²) in [6.45, 7) is 2.35. The molecule has 1 aromatic carbocycles. The van der Waals surface area contributed by atoms with Crippen molar-refractivity contribution in [1.82, 2.24) is 0 Å². The van der Waals surface area contributed by atoms with Gasteiger partial charge in [0.1, 0.15) is 15.7 Å². The van der Waals surface area contributed by atoms with Gasteiger partial charge in [-0.15, -0.1) is 0 Å². The molecule has 1 rings (SSSR count). The Morgan fingerprint density at radius 3 is 2.65 bits per heavy atom. The van der Waals surface area contributed by atoms with Gasteiger partial charge in [-0.1, -0.05) is 0 Å². The second-order valence-corrected chi connectivity index (χ2v) is 7.11. The minimum atomic E-state index is -2.91. The standard InChI is InChI=1S/C11H15BrFNO2S/c1-8-6-10(13)9(12)7-11(8)14-4-3-5-17(2,15)16/h6-7,14H,3-5H2,1-2H3. The van der Waals surface area contributed by atoms with Crippen LogP contribution in [-0.4, -0.2) is 27.0 Å². The summed E-state index contributed by atoms with van der Waals surface area (Å²) < 4.78 is 35.4. The summed E-state index contributed by atoms with van der Waals surface area (Å²) in [4.78, 5) is 0. The number of benzene rings is 1. The minimum absolute atomic E-state index is 0.154. The maximum absolute atomic E-state index is 13.2. The SMILES string of the molecule is Cc1cc(F)c(Br)cc1NCCCS(C)(=O)=O. The lowest BCUT2D eigenvalue weighted by atomic mass is 10.2. The molecule has 3 nitrogen and oxygen atoms in total. The van der Waals surface area contributed by atoms with Gasteiger partial charge >= 0.3 is 0 Å². The number of halogens is 2. The Morgan fingerprint density at radius 1 is 1.41 bits per heavy atom. The third-order valence-corrected chi connectivity index (χ3v) is 3.91. The Morgan fingerprint density at radius 2 is 2.06 bits per heavy atom. The molecule has 0 unspecified atom stereocenters. The van der Waals surface area contributed by atoms with E-state index in [1.54, 1.807) is 13.0 Å². The Hall–Kier alpha value is -0.620. The average Bonchev–Trinajstić information content (AvgIpc) is 2.18. The lowest BCUT2D eigenvalue weighted by Gasteiger charge is -2.10. The lowest BCUT2D eigenvalue weighted by Crippen LogP contribution is -2.10. The Kier molecular flexibility index (Phi) is 4.94. The van der Waals surface area contributed by atoms with Crippen LogP contribution in [0, 0.1) is 12.7 Å². The van der Waals surface area contributed by atoms with Crippen LogP contribution in [0.1, 0.15) is 12.0 Å². The normalized spacial score (nSPS) is 11.5. The van der Waals surface area contributed by atoms with E-state index in [0.717, 1.165) is 11.3 Å². The van der Waals surface area contributed by atoms with Gasteiger partial charge in [-0.25, -0.2) is 12.8 Å². The van der Waals surface area contributed by atoms with Gasteiger partial charge < -0.3 is 5.32 Å². The van der Waals surface area contributed by atoms with E-state index in [-0.39, 0.29) is 11.6 Å². The van der Waals surface area contributed by atoms with Gasteiger partial charge in [0.05, 0.1) is 10.2 Å². The molecular weight excluding hydrogens is 309 g/mol. The monoisotopic (exact) mass is 323 g/mol. The molecule has 0 heterocycles. The van der Waals surface area contributed by atoms with E-state index >= 15 is 0 Å². The van der Waals surface area contributed by atoms with Crippen molar-refractivity contribution >= 4 is 31.5 Å². The topological polar surface area (TPSA) is 46.2 Å². The van der Waals surface area contributed by atoms with Crippen LogP contribution in [0.4, 0.5) is 10.1 Å². The molecule has 0 amide bonds. The summed E-state index contributed by atoms with van der Waals surface area (Å²) in [5, 5.41) is 3.09. The van der Waals surface area contributed by atoms with Gasteiger partial charge in [-0.3, -0.25) is 0 Å². The van der Waals surface area contributed by atoms with E-state index in [4.69, 9.17) is 0 Å². The number of hydrogen-bond acceptors (Lipinski definition) is 3. The molecule has 0 fully saturated rings. The fraction of sp³-hybridized carbons (Fsp3) is 0.455. The van der Waals surface area contributed by atoms with Crippen molar-refractivity contribution in [2.24, 2.45) is 0 Å². The zero-order valence-electron chi connectivity index (χ0n) is 9.76. The maximum atomic E-state index is 13.2.